The van der Waals surface area contributed by atoms with Crippen molar-refractivity contribution in [2.75, 3.05) is 5.32 Å². The van der Waals surface area contributed by atoms with Crippen molar-refractivity contribution in [2.45, 2.75) is 6.92 Å². The van der Waals surface area contributed by atoms with Crippen LogP contribution < -0.4 is 10.1 Å². The number of benzene rings is 3. The summed E-state index contributed by atoms with van der Waals surface area (Å²) in [6.07, 6.45) is 1.26. The van der Waals surface area contributed by atoms with Crippen LogP contribution in [0.2, 0.25) is 10.0 Å². The van der Waals surface area contributed by atoms with Crippen LogP contribution in [-0.4, -0.2) is 15.8 Å². The maximum Gasteiger partial charge on any atom is 0.318 e. The Morgan fingerprint density at radius 1 is 1.06 bits per heavy atom. The van der Waals surface area contributed by atoms with E-state index < -0.39 is 27.1 Å². The minimum absolute atomic E-state index is 0.0761. The van der Waals surface area contributed by atoms with Gasteiger partial charge < -0.3 is 10.1 Å². The lowest BCUT2D eigenvalue weighted by molar-refractivity contribution is -0.394. The van der Waals surface area contributed by atoms with Gasteiger partial charge in [0.25, 0.3) is 11.6 Å². The molecular weight excluding hydrogens is 499 g/mol. The molecule has 12 heteroatoms. The number of hydrogen-bond donors (Lipinski definition) is 1. The molecule has 0 spiro atoms. The van der Waals surface area contributed by atoms with Gasteiger partial charge in [-0.3, -0.25) is 25.0 Å². The van der Waals surface area contributed by atoms with E-state index in [-0.39, 0.29) is 27.1 Å². The van der Waals surface area contributed by atoms with Crippen molar-refractivity contribution in [3.8, 4) is 17.6 Å². The molecule has 0 unspecified atom stereocenters. The number of nitriles is 1. The number of carbonyl (C=O) groups excluding carboxylic acids is 1. The van der Waals surface area contributed by atoms with E-state index in [2.05, 4.69) is 5.32 Å². The van der Waals surface area contributed by atoms with Crippen molar-refractivity contribution in [1.29, 1.82) is 5.26 Å². The van der Waals surface area contributed by atoms with E-state index in [0.717, 1.165) is 23.8 Å². The molecule has 1 amide bonds. The van der Waals surface area contributed by atoms with Crippen molar-refractivity contribution >= 4 is 52.2 Å². The number of hydrogen-bond acceptors (Lipinski definition) is 7. The zero-order valence-electron chi connectivity index (χ0n) is 17.8. The van der Waals surface area contributed by atoms with Crippen LogP contribution in [0, 0.1) is 38.5 Å². The molecule has 0 aliphatic carbocycles. The molecule has 0 aromatic heterocycles. The van der Waals surface area contributed by atoms with Crippen LogP contribution in [0.4, 0.5) is 17.1 Å². The number of nitro benzene ring substituents is 2. The molecule has 3 rings (SSSR count). The number of nitro groups is 2. The second kappa shape index (κ2) is 10.6. The van der Waals surface area contributed by atoms with Crippen molar-refractivity contribution in [3.05, 3.63) is 102 Å². The number of aryl methyl sites for hydroxylation is 1. The molecule has 0 aliphatic rings. The first-order chi connectivity index (χ1) is 16.6. The Bertz CT molecular complexity index is 1410. The van der Waals surface area contributed by atoms with Gasteiger partial charge in [0.05, 0.1) is 26.0 Å². The predicted octanol–water partition coefficient (Wildman–Crippen LogP) is 6.46. The van der Waals surface area contributed by atoms with E-state index >= 15 is 0 Å². The van der Waals surface area contributed by atoms with Gasteiger partial charge in [-0.15, -0.1) is 0 Å². The zero-order valence-corrected chi connectivity index (χ0v) is 19.3. The summed E-state index contributed by atoms with van der Waals surface area (Å²) in [4.78, 5) is 33.1. The third-order valence-electron chi connectivity index (χ3n) is 4.53. The smallest absolute Gasteiger partial charge is 0.318 e. The largest absolute Gasteiger partial charge is 0.447 e. The van der Waals surface area contributed by atoms with Gasteiger partial charge >= 0.3 is 5.69 Å². The Kier molecular flexibility index (Phi) is 7.66. The molecule has 0 atom stereocenters. The fourth-order valence-electron chi connectivity index (χ4n) is 2.96. The standard InChI is InChI=1S/C23H14Cl2N4O6/c1-13-3-2-4-16(7-13)27-23(30)15(12-26)8-14-9-18(24)22(19(25)10-14)35-21-6-5-17(28(31)32)11-20(21)29(33)34/h2-11H,1H3,(H,27,30)/b15-8+. The average Bonchev–Trinajstić information content (AvgIpc) is 2.79. The maximum absolute atomic E-state index is 12.5. The maximum atomic E-state index is 12.5. The van der Waals surface area contributed by atoms with E-state index in [0.29, 0.717) is 11.3 Å². The zero-order chi connectivity index (χ0) is 25.7. The van der Waals surface area contributed by atoms with Crippen LogP contribution in [-0.2, 0) is 4.79 Å². The molecule has 3 aromatic rings. The summed E-state index contributed by atoms with van der Waals surface area (Å²) in [6.45, 7) is 1.86. The van der Waals surface area contributed by atoms with Gasteiger partial charge in [0.1, 0.15) is 11.6 Å². The van der Waals surface area contributed by atoms with E-state index in [9.17, 15) is 30.3 Å². The highest BCUT2D eigenvalue weighted by Crippen LogP contribution is 2.41. The number of carbonyl (C=O) groups is 1. The van der Waals surface area contributed by atoms with Crippen LogP contribution in [0.3, 0.4) is 0 Å². The van der Waals surface area contributed by atoms with Gasteiger partial charge in [-0.2, -0.15) is 5.26 Å². The summed E-state index contributed by atoms with van der Waals surface area (Å²) in [6, 6.07) is 14.4. The van der Waals surface area contributed by atoms with Crippen LogP contribution in [0.1, 0.15) is 11.1 Å². The number of non-ortho nitro benzene ring substituents is 1. The summed E-state index contributed by atoms with van der Waals surface area (Å²) >= 11 is 12.5. The first-order valence-electron chi connectivity index (χ1n) is 9.68. The molecule has 0 heterocycles. The monoisotopic (exact) mass is 512 g/mol. The quantitative estimate of drug-likeness (QED) is 0.165. The number of nitrogens with zero attached hydrogens (tertiary/aromatic N) is 3. The molecular formula is C23H14Cl2N4O6. The minimum atomic E-state index is -0.840. The van der Waals surface area contributed by atoms with Crippen LogP contribution in [0.5, 0.6) is 11.5 Å². The predicted molar refractivity (Wildman–Crippen MR) is 130 cm³/mol. The van der Waals surface area contributed by atoms with E-state index in [1.165, 1.54) is 18.2 Å². The third-order valence-corrected chi connectivity index (χ3v) is 5.10. The van der Waals surface area contributed by atoms with Crippen LogP contribution in [0.25, 0.3) is 6.08 Å². The van der Waals surface area contributed by atoms with Gasteiger partial charge in [-0.1, -0.05) is 35.3 Å². The molecule has 1 N–H and O–H groups in total. The Balaban J connectivity index is 1.90. The first-order valence-corrected chi connectivity index (χ1v) is 10.4. The lowest BCUT2D eigenvalue weighted by Crippen LogP contribution is -2.13. The van der Waals surface area contributed by atoms with Gasteiger partial charge in [0, 0.05) is 11.8 Å². The minimum Gasteiger partial charge on any atom is -0.447 e. The van der Waals surface area contributed by atoms with Gasteiger partial charge in [0.15, 0.2) is 5.75 Å². The van der Waals surface area contributed by atoms with Crippen molar-refractivity contribution in [1.82, 2.24) is 0 Å². The van der Waals surface area contributed by atoms with Crippen LogP contribution in [0.15, 0.2) is 60.2 Å². The number of ether oxygens (including phenoxy) is 1. The van der Waals surface area contributed by atoms with Crippen molar-refractivity contribution in [2.24, 2.45) is 0 Å². The summed E-state index contributed by atoms with van der Waals surface area (Å²) in [5.74, 6) is -1.11. The molecule has 0 radical (unpaired) electrons. The number of nitrogens with one attached hydrogen (secondary N) is 1. The lowest BCUT2D eigenvalue weighted by Gasteiger charge is -2.11. The molecule has 176 valence electrons. The fourth-order valence-corrected chi connectivity index (χ4v) is 3.54. The van der Waals surface area contributed by atoms with Gasteiger partial charge in [-0.05, 0) is 54.5 Å². The molecule has 0 saturated heterocycles. The van der Waals surface area contributed by atoms with Gasteiger partial charge in [0.2, 0.25) is 5.75 Å². The Morgan fingerprint density at radius 3 is 2.31 bits per heavy atom. The number of anilines is 1. The van der Waals surface area contributed by atoms with Crippen LogP contribution >= 0.6 is 23.2 Å². The lowest BCUT2D eigenvalue weighted by atomic mass is 10.1. The summed E-state index contributed by atoms with van der Waals surface area (Å²) in [5.41, 5.74) is 0.359. The highest BCUT2D eigenvalue weighted by atomic mass is 35.5. The van der Waals surface area contributed by atoms with E-state index in [1.54, 1.807) is 18.2 Å². The molecule has 0 bridgehead atoms. The Hall–Kier alpha value is -4.46. The average molecular weight is 513 g/mol. The topological polar surface area (TPSA) is 148 Å². The fraction of sp³-hybridized carbons (Fsp3) is 0.0435. The molecule has 35 heavy (non-hydrogen) atoms. The molecule has 0 saturated carbocycles. The molecule has 0 fully saturated rings. The number of amides is 1. The van der Waals surface area contributed by atoms with Crippen molar-refractivity contribution < 1.29 is 19.4 Å². The van der Waals surface area contributed by atoms with E-state index in [1.807, 2.05) is 19.1 Å². The summed E-state index contributed by atoms with van der Waals surface area (Å²) in [5, 5.41) is 34.2. The Labute approximate surface area is 208 Å². The first kappa shape index (κ1) is 25.2. The molecule has 3 aromatic carbocycles. The second-order valence-electron chi connectivity index (χ2n) is 7.08. The van der Waals surface area contributed by atoms with E-state index in [4.69, 9.17) is 27.9 Å². The summed E-state index contributed by atoms with van der Waals surface area (Å²) < 4.78 is 5.50. The Morgan fingerprint density at radius 2 is 1.74 bits per heavy atom. The third kappa shape index (κ3) is 6.11. The molecule has 10 nitrogen and oxygen atoms in total. The SMILES string of the molecule is Cc1cccc(NC(=O)/C(C#N)=C/c2cc(Cl)c(Oc3ccc([N+](=O)[O-])cc3[N+](=O)[O-])c(Cl)c2)c1. The number of halogens is 2. The molecule has 0 aliphatic heterocycles. The van der Waals surface area contributed by atoms with Crippen molar-refractivity contribution in [3.63, 3.8) is 0 Å². The highest BCUT2D eigenvalue weighted by molar-refractivity contribution is 6.37. The summed E-state index contributed by atoms with van der Waals surface area (Å²) in [7, 11) is 0. The second-order valence-corrected chi connectivity index (χ2v) is 7.89. The normalized spacial score (nSPS) is 10.9. The number of rotatable bonds is 7. The highest BCUT2D eigenvalue weighted by Gasteiger charge is 2.23. The van der Waals surface area contributed by atoms with Gasteiger partial charge in [-0.25, -0.2) is 0 Å².